The lowest BCUT2D eigenvalue weighted by atomic mass is 9.82. The Bertz CT molecular complexity index is 227. The van der Waals surface area contributed by atoms with Crippen LogP contribution in [0.2, 0.25) is 0 Å². The number of hydrogen-bond donors (Lipinski definition) is 1. The van der Waals surface area contributed by atoms with Crippen LogP contribution in [-0.4, -0.2) is 24.3 Å². The first-order valence-corrected chi connectivity index (χ1v) is 7.22. The lowest BCUT2D eigenvalue weighted by Crippen LogP contribution is -2.59. The van der Waals surface area contributed by atoms with Crippen molar-refractivity contribution in [1.29, 1.82) is 0 Å². The smallest absolute Gasteiger partial charge is 0.0819 e. The molecule has 1 N–H and O–H groups in total. The highest BCUT2D eigenvalue weighted by atomic mass is 16.5. The van der Waals surface area contributed by atoms with E-state index in [9.17, 15) is 0 Å². The molecule has 0 aliphatic carbocycles. The highest BCUT2D eigenvalue weighted by Gasteiger charge is 2.42. The van der Waals surface area contributed by atoms with Gasteiger partial charge in [-0.2, -0.15) is 0 Å². The molecular formula is C15H31NO. The van der Waals surface area contributed by atoms with Gasteiger partial charge < -0.3 is 10.1 Å². The number of hydrogen-bond acceptors (Lipinski definition) is 2. The summed E-state index contributed by atoms with van der Waals surface area (Å²) in [4.78, 5) is 0. The second-order valence-corrected chi connectivity index (χ2v) is 6.89. The Morgan fingerprint density at radius 2 is 1.59 bits per heavy atom. The molecule has 0 spiro atoms. The largest absolute Gasteiger partial charge is 0.366 e. The zero-order valence-corrected chi connectivity index (χ0v) is 12.6. The van der Waals surface area contributed by atoms with E-state index in [0.717, 1.165) is 32.4 Å². The van der Waals surface area contributed by atoms with Crippen LogP contribution in [0.1, 0.15) is 60.8 Å². The first kappa shape index (κ1) is 15.0. The maximum absolute atomic E-state index is 6.57. The van der Waals surface area contributed by atoms with Gasteiger partial charge in [0.1, 0.15) is 0 Å². The molecule has 2 heteroatoms. The Labute approximate surface area is 108 Å². The standard InChI is InChI=1S/C15H31NO/c1-7-14(6)10-16-11-15(17-14,8-12(2)3)9-13(4)5/h12-13,16H,7-11H2,1-6H3. The van der Waals surface area contributed by atoms with E-state index in [0.29, 0.717) is 11.8 Å². The fourth-order valence-electron chi connectivity index (χ4n) is 3.15. The summed E-state index contributed by atoms with van der Waals surface area (Å²) in [5.41, 5.74) is 0.0629. The summed E-state index contributed by atoms with van der Waals surface area (Å²) in [5.74, 6) is 1.38. The fourth-order valence-corrected chi connectivity index (χ4v) is 3.15. The first-order valence-electron chi connectivity index (χ1n) is 7.22. The molecule has 2 nitrogen and oxygen atoms in total. The highest BCUT2D eigenvalue weighted by molar-refractivity contribution is 4.95. The van der Waals surface area contributed by atoms with Gasteiger partial charge in [0.15, 0.2) is 0 Å². The quantitative estimate of drug-likeness (QED) is 0.794. The summed E-state index contributed by atoms with van der Waals surface area (Å²) >= 11 is 0. The van der Waals surface area contributed by atoms with Crippen LogP contribution in [0.5, 0.6) is 0 Å². The monoisotopic (exact) mass is 241 g/mol. The summed E-state index contributed by atoms with van der Waals surface area (Å²) in [5, 5.41) is 3.60. The van der Waals surface area contributed by atoms with Crippen LogP contribution in [0, 0.1) is 11.8 Å². The number of rotatable bonds is 5. The van der Waals surface area contributed by atoms with E-state index in [2.05, 4.69) is 46.9 Å². The van der Waals surface area contributed by atoms with Gasteiger partial charge >= 0.3 is 0 Å². The molecule has 0 bridgehead atoms. The van der Waals surface area contributed by atoms with Crippen molar-refractivity contribution in [1.82, 2.24) is 5.32 Å². The number of ether oxygens (including phenoxy) is 1. The van der Waals surface area contributed by atoms with Crippen molar-refractivity contribution in [2.75, 3.05) is 13.1 Å². The van der Waals surface area contributed by atoms with E-state index in [1.54, 1.807) is 0 Å². The molecule has 102 valence electrons. The van der Waals surface area contributed by atoms with Crippen molar-refractivity contribution in [3.05, 3.63) is 0 Å². The Morgan fingerprint density at radius 1 is 1.06 bits per heavy atom. The Kier molecular flexibility index (Phi) is 5.03. The second-order valence-electron chi connectivity index (χ2n) is 6.89. The van der Waals surface area contributed by atoms with Crippen LogP contribution in [0.3, 0.4) is 0 Å². The lowest BCUT2D eigenvalue weighted by molar-refractivity contribution is -0.185. The Morgan fingerprint density at radius 3 is 2.00 bits per heavy atom. The Hall–Kier alpha value is -0.0800. The van der Waals surface area contributed by atoms with Gasteiger partial charge in [0, 0.05) is 13.1 Å². The van der Waals surface area contributed by atoms with E-state index in [-0.39, 0.29) is 11.2 Å². The molecule has 1 rings (SSSR count). The molecule has 1 aliphatic rings. The molecule has 0 aromatic heterocycles. The van der Waals surface area contributed by atoms with Crippen molar-refractivity contribution >= 4 is 0 Å². The van der Waals surface area contributed by atoms with Crippen molar-refractivity contribution in [3.8, 4) is 0 Å². The molecule has 0 amide bonds. The van der Waals surface area contributed by atoms with Gasteiger partial charge in [-0.25, -0.2) is 0 Å². The number of nitrogens with one attached hydrogen (secondary N) is 1. The lowest BCUT2D eigenvalue weighted by Gasteiger charge is -2.49. The molecule has 0 aromatic carbocycles. The van der Waals surface area contributed by atoms with Crippen molar-refractivity contribution < 1.29 is 4.74 Å². The summed E-state index contributed by atoms with van der Waals surface area (Å²) in [6.45, 7) is 15.6. The van der Waals surface area contributed by atoms with Crippen LogP contribution >= 0.6 is 0 Å². The molecule has 0 radical (unpaired) electrons. The van der Waals surface area contributed by atoms with Crippen LogP contribution in [0.4, 0.5) is 0 Å². The van der Waals surface area contributed by atoms with Crippen LogP contribution < -0.4 is 5.32 Å². The zero-order valence-electron chi connectivity index (χ0n) is 12.6. The average Bonchev–Trinajstić information content (AvgIpc) is 2.14. The molecular weight excluding hydrogens is 210 g/mol. The second kappa shape index (κ2) is 5.71. The topological polar surface area (TPSA) is 21.3 Å². The normalized spacial score (nSPS) is 28.9. The molecule has 1 aliphatic heterocycles. The molecule has 1 saturated heterocycles. The van der Waals surface area contributed by atoms with Gasteiger partial charge in [0.25, 0.3) is 0 Å². The Balaban J connectivity index is 2.81. The molecule has 17 heavy (non-hydrogen) atoms. The molecule has 1 atom stereocenters. The summed E-state index contributed by atoms with van der Waals surface area (Å²) in [7, 11) is 0. The van der Waals surface area contributed by atoms with Gasteiger partial charge in [0.2, 0.25) is 0 Å². The van der Waals surface area contributed by atoms with Crippen LogP contribution in [-0.2, 0) is 4.74 Å². The van der Waals surface area contributed by atoms with Gasteiger partial charge in [-0.1, -0.05) is 34.6 Å². The van der Waals surface area contributed by atoms with Crippen molar-refractivity contribution in [2.24, 2.45) is 11.8 Å². The minimum Gasteiger partial charge on any atom is -0.366 e. The minimum absolute atomic E-state index is 0.0159. The molecule has 1 fully saturated rings. The third kappa shape index (κ3) is 4.26. The predicted molar refractivity (Wildman–Crippen MR) is 74.3 cm³/mol. The van der Waals surface area contributed by atoms with E-state index in [4.69, 9.17) is 4.74 Å². The van der Waals surface area contributed by atoms with Gasteiger partial charge in [-0.05, 0) is 38.0 Å². The third-order valence-electron chi connectivity index (χ3n) is 3.72. The molecule has 1 unspecified atom stereocenters. The average molecular weight is 241 g/mol. The van der Waals surface area contributed by atoms with E-state index in [1.165, 1.54) is 0 Å². The molecule has 0 aromatic rings. The molecule has 1 heterocycles. The van der Waals surface area contributed by atoms with Crippen LogP contribution in [0.15, 0.2) is 0 Å². The number of morpholine rings is 1. The summed E-state index contributed by atoms with van der Waals surface area (Å²) < 4.78 is 6.57. The van der Waals surface area contributed by atoms with Gasteiger partial charge in [-0.3, -0.25) is 0 Å². The zero-order chi connectivity index (χ0) is 13.1. The van der Waals surface area contributed by atoms with Crippen molar-refractivity contribution in [3.63, 3.8) is 0 Å². The molecule has 0 saturated carbocycles. The van der Waals surface area contributed by atoms with Crippen molar-refractivity contribution in [2.45, 2.75) is 72.0 Å². The van der Waals surface area contributed by atoms with E-state index >= 15 is 0 Å². The van der Waals surface area contributed by atoms with E-state index < -0.39 is 0 Å². The third-order valence-corrected chi connectivity index (χ3v) is 3.72. The summed E-state index contributed by atoms with van der Waals surface area (Å²) in [6.07, 6.45) is 3.40. The predicted octanol–water partition coefficient (Wildman–Crippen LogP) is 3.61. The minimum atomic E-state index is 0.0159. The van der Waals surface area contributed by atoms with E-state index in [1.807, 2.05) is 0 Å². The summed E-state index contributed by atoms with van der Waals surface area (Å²) in [6, 6.07) is 0. The maximum Gasteiger partial charge on any atom is 0.0819 e. The van der Waals surface area contributed by atoms with Gasteiger partial charge in [-0.15, -0.1) is 0 Å². The SMILES string of the molecule is CCC1(C)CNCC(CC(C)C)(CC(C)C)O1. The first-order chi connectivity index (χ1) is 7.81. The van der Waals surface area contributed by atoms with Gasteiger partial charge in [0.05, 0.1) is 11.2 Å². The highest BCUT2D eigenvalue weighted by Crippen LogP contribution is 2.36. The fraction of sp³-hybridized carbons (Fsp3) is 1.00. The van der Waals surface area contributed by atoms with Crippen LogP contribution in [0.25, 0.3) is 0 Å². The maximum atomic E-state index is 6.57.